The number of carbonyl (C=O) groups excluding carboxylic acids is 4. The number of ether oxygens (including phenoxy) is 1. The van der Waals surface area contributed by atoms with Crippen molar-refractivity contribution in [2.75, 3.05) is 37.8 Å². The maximum Gasteiger partial charge on any atom is 0.481 e. The van der Waals surface area contributed by atoms with E-state index < -0.39 is 90.5 Å². The van der Waals surface area contributed by atoms with Gasteiger partial charge >= 0.3 is 23.5 Å². The van der Waals surface area contributed by atoms with Crippen LogP contribution in [0.4, 0.5) is 5.82 Å². The summed E-state index contributed by atoms with van der Waals surface area (Å²) >= 11 is 0.947. The molecule has 29 heteroatoms. The molecule has 0 spiro atoms. The first-order valence-corrected chi connectivity index (χ1v) is 23.5. The number of nitrogens with zero attached hydrogens (tertiary/aromatic N) is 4. The summed E-state index contributed by atoms with van der Waals surface area (Å²) in [7, 11) is -16.4. The van der Waals surface area contributed by atoms with E-state index in [4.69, 9.17) is 19.5 Å². The fourth-order valence-corrected chi connectivity index (χ4v) is 9.75. The highest BCUT2D eigenvalue weighted by atomic mass is 32.2. The number of allylic oxidation sites excluding steroid dienone is 1. The zero-order valence-corrected chi connectivity index (χ0v) is 36.0. The molecule has 1 saturated carbocycles. The Bertz CT molecular complexity index is 2070. The number of thioether (sulfide) groups is 1. The van der Waals surface area contributed by atoms with Crippen LogP contribution in [0.2, 0.25) is 0 Å². The highest BCUT2D eigenvalue weighted by Gasteiger charge is 2.50. The summed E-state index contributed by atoms with van der Waals surface area (Å²) in [5.41, 5.74) is 5.14. The number of phosphoric acid groups is 3. The molecule has 1 aliphatic heterocycles. The number of hydrogen-bond donors (Lipinski definition) is 9. The first-order chi connectivity index (χ1) is 27.8. The van der Waals surface area contributed by atoms with Crippen LogP contribution in [0.25, 0.3) is 11.2 Å². The van der Waals surface area contributed by atoms with Gasteiger partial charge in [0.15, 0.2) is 22.8 Å². The van der Waals surface area contributed by atoms with Crippen molar-refractivity contribution in [2.24, 2.45) is 17.3 Å². The summed E-state index contributed by atoms with van der Waals surface area (Å²) in [6, 6.07) is 0. The molecule has 9 unspecified atom stereocenters. The molecule has 25 nitrogen and oxygen atoms in total. The maximum atomic E-state index is 12.7. The molecule has 3 heterocycles. The molecule has 0 bridgehead atoms. The third kappa shape index (κ3) is 13.7. The molecule has 2 amide bonds. The van der Waals surface area contributed by atoms with E-state index in [0.29, 0.717) is 12.8 Å². The molecule has 0 aromatic carbocycles. The Morgan fingerprint density at radius 1 is 1.08 bits per heavy atom. The van der Waals surface area contributed by atoms with Gasteiger partial charge in [0.1, 0.15) is 42.0 Å². The molecule has 4 rings (SSSR count). The highest BCUT2D eigenvalue weighted by Crippen LogP contribution is 2.61. The van der Waals surface area contributed by atoms with Gasteiger partial charge in [-0.2, -0.15) is 4.31 Å². The predicted octanol–water partition coefficient (Wildman–Crippen LogP) is 0.226. The normalized spacial score (nSPS) is 25.0. The standard InChI is InChI=1S/C31H48N7O18P3S/c1-16(2)17-5-6-18(19(39)11-17)30(44)60-10-9-33-21(40)7-8-34-28(43)25(42)31(3,4)13-53-59(50,51)56-58(48,49)52-12-20-24(55-57(45,46)47)23(41)29(54-20)38-15-37-22-26(32)35-14-36-27(22)38/h14-15,17-18,20,23-25,29,41-42H,1,5-13H2,2-4H3,(H,33,40)(H,34,43)(H,48,49)(H,50,51)(H2,32,35,36)(H2,45,46,47). The largest absolute Gasteiger partial charge is 0.481 e. The van der Waals surface area contributed by atoms with Crippen molar-refractivity contribution in [1.29, 1.82) is 0 Å². The van der Waals surface area contributed by atoms with Crippen molar-refractivity contribution in [3.63, 3.8) is 0 Å². The number of imidazole rings is 1. The molecular formula is C31H48N7O18P3S. The topological polar surface area (TPSA) is 381 Å². The lowest BCUT2D eigenvalue weighted by Gasteiger charge is -2.30. The van der Waals surface area contributed by atoms with Gasteiger partial charge in [-0.1, -0.05) is 37.8 Å². The first kappa shape index (κ1) is 49.6. The van der Waals surface area contributed by atoms with Crippen LogP contribution in [0.3, 0.4) is 0 Å². The van der Waals surface area contributed by atoms with Gasteiger partial charge in [0.2, 0.25) is 11.8 Å². The molecule has 2 fully saturated rings. The average molecular weight is 932 g/mol. The van der Waals surface area contributed by atoms with Crippen LogP contribution in [0.15, 0.2) is 24.8 Å². The number of rotatable bonds is 21. The number of nitrogen functional groups attached to an aromatic ring is 1. The van der Waals surface area contributed by atoms with Crippen molar-refractivity contribution in [1.82, 2.24) is 30.2 Å². The Morgan fingerprint density at radius 3 is 2.42 bits per heavy atom. The monoisotopic (exact) mass is 931 g/mol. The molecule has 9 atom stereocenters. The van der Waals surface area contributed by atoms with Gasteiger partial charge in [0, 0.05) is 37.1 Å². The second-order valence-electron chi connectivity index (χ2n) is 14.6. The number of aliphatic hydroxyl groups is 2. The van der Waals surface area contributed by atoms with Crippen molar-refractivity contribution < 1.29 is 85.3 Å². The van der Waals surface area contributed by atoms with Gasteiger partial charge in [-0.3, -0.25) is 37.3 Å². The lowest BCUT2D eigenvalue weighted by atomic mass is 9.79. The number of Topliss-reactive ketones (excluding diaryl/α,β-unsaturated/α-hetero) is 1. The van der Waals surface area contributed by atoms with Crippen LogP contribution < -0.4 is 16.4 Å². The zero-order valence-electron chi connectivity index (χ0n) is 32.5. The molecule has 60 heavy (non-hydrogen) atoms. The van der Waals surface area contributed by atoms with Crippen molar-refractivity contribution in [3.8, 4) is 0 Å². The molecule has 2 aromatic heterocycles. The number of anilines is 1. The van der Waals surface area contributed by atoms with E-state index in [1.54, 1.807) is 0 Å². The smallest absolute Gasteiger partial charge is 0.386 e. The summed E-state index contributed by atoms with van der Waals surface area (Å²) in [5, 5.41) is 26.1. The molecule has 0 radical (unpaired) electrons. The van der Waals surface area contributed by atoms with Crippen LogP contribution in [-0.2, 0) is 55.5 Å². The fraction of sp³-hybridized carbons (Fsp3) is 0.645. The van der Waals surface area contributed by atoms with E-state index in [-0.39, 0.29) is 65.5 Å². The third-order valence-electron chi connectivity index (χ3n) is 9.37. The molecule has 336 valence electrons. The number of hydrogen-bond acceptors (Lipinski definition) is 19. The minimum atomic E-state index is -5.59. The second-order valence-corrected chi connectivity index (χ2v) is 19.9. The minimum Gasteiger partial charge on any atom is -0.386 e. The summed E-state index contributed by atoms with van der Waals surface area (Å²) in [5.74, 6) is -2.04. The van der Waals surface area contributed by atoms with Gasteiger partial charge in [0.05, 0.1) is 25.5 Å². The van der Waals surface area contributed by atoms with E-state index in [9.17, 15) is 62.7 Å². The van der Waals surface area contributed by atoms with E-state index in [0.717, 1.165) is 34.6 Å². The highest BCUT2D eigenvalue weighted by molar-refractivity contribution is 8.13. The predicted molar refractivity (Wildman–Crippen MR) is 208 cm³/mol. The van der Waals surface area contributed by atoms with E-state index >= 15 is 0 Å². The summed E-state index contributed by atoms with van der Waals surface area (Å²) in [6.07, 6.45) is -5.60. The van der Waals surface area contributed by atoms with Gasteiger partial charge in [-0.05, 0) is 25.7 Å². The number of amides is 2. The average Bonchev–Trinajstić information content (AvgIpc) is 3.71. The number of nitrogens with two attached hydrogens (primary N) is 1. The van der Waals surface area contributed by atoms with Gasteiger partial charge in [-0.25, -0.2) is 28.6 Å². The van der Waals surface area contributed by atoms with Crippen LogP contribution in [0.5, 0.6) is 0 Å². The summed E-state index contributed by atoms with van der Waals surface area (Å²) < 4.78 is 62.2. The number of carbonyl (C=O) groups is 4. The number of phosphoric ester groups is 3. The van der Waals surface area contributed by atoms with E-state index in [1.165, 1.54) is 13.8 Å². The molecular weight excluding hydrogens is 883 g/mol. The Labute approximate surface area is 346 Å². The maximum absolute atomic E-state index is 12.7. The molecule has 2 aromatic rings. The van der Waals surface area contributed by atoms with Crippen molar-refractivity contribution in [2.45, 2.75) is 77.1 Å². The second kappa shape index (κ2) is 20.4. The third-order valence-corrected chi connectivity index (χ3v) is 13.4. The van der Waals surface area contributed by atoms with Crippen molar-refractivity contribution in [3.05, 3.63) is 24.8 Å². The number of aliphatic hydroxyl groups excluding tert-OH is 2. The minimum absolute atomic E-state index is 0.0240. The van der Waals surface area contributed by atoms with Crippen LogP contribution in [0, 0.1) is 17.3 Å². The fourth-order valence-electron chi connectivity index (χ4n) is 6.07. The van der Waals surface area contributed by atoms with E-state index in [1.807, 2.05) is 6.92 Å². The number of nitrogens with one attached hydrogen (secondary N) is 2. The number of aromatic nitrogens is 4. The quantitative estimate of drug-likeness (QED) is 0.0350. The van der Waals surface area contributed by atoms with E-state index in [2.05, 4.69) is 41.0 Å². The SMILES string of the molecule is C=C(C)C1CCC(C(=O)SCCNC(=O)CCNC(=O)C(O)C(C)(C)COP(=O)(O)OP(=O)(O)OCC2OC(n3cnc4c(N)ncnc43)C(O)C2OP(=O)(O)O)C(=O)C1. The Balaban J connectivity index is 1.20. The van der Waals surface area contributed by atoms with Crippen LogP contribution in [0.1, 0.15) is 52.7 Å². The van der Waals surface area contributed by atoms with Gasteiger partial charge in [-0.15, -0.1) is 0 Å². The Morgan fingerprint density at radius 2 is 1.77 bits per heavy atom. The summed E-state index contributed by atoms with van der Waals surface area (Å²) in [4.78, 5) is 101. The Kier molecular flexibility index (Phi) is 16.9. The van der Waals surface area contributed by atoms with Crippen molar-refractivity contribution >= 4 is 74.9 Å². The molecule has 1 saturated heterocycles. The lowest BCUT2D eigenvalue weighted by Crippen LogP contribution is -2.46. The lowest BCUT2D eigenvalue weighted by molar-refractivity contribution is -0.137. The Hall–Kier alpha value is -3.03. The zero-order chi connectivity index (χ0) is 44.8. The number of ketones is 1. The first-order valence-electron chi connectivity index (χ1n) is 18.0. The van der Waals surface area contributed by atoms with Gasteiger partial charge in [0.25, 0.3) is 0 Å². The summed E-state index contributed by atoms with van der Waals surface area (Å²) in [6.45, 7) is 6.04. The number of fused-ring (bicyclic) bond motifs is 1. The molecule has 1 aliphatic carbocycles. The van der Waals surface area contributed by atoms with Crippen LogP contribution in [-0.4, -0.2) is 128 Å². The van der Waals surface area contributed by atoms with Crippen LogP contribution >= 0.6 is 35.2 Å². The molecule has 2 aliphatic rings. The molecule has 10 N–H and O–H groups in total. The van der Waals surface area contributed by atoms with Gasteiger partial charge < -0.3 is 50.9 Å².